The van der Waals surface area contributed by atoms with Crippen molar-refractivity contribution in [2.45, 2.75) is 19.4 Å². The minimum absolute atomic E-state index is 0.120. The molecule has 0 bridgehead atoms. The summed E-state index contributed by atoms with van der Waals surface area (Å²) < 4.78 is 26.8. The van der Waals surface area contributed by atoms with E-state index in [1.807, 2.05) is 0 Å². The topological polar surface area (TPSA) is 20.2 Å². The van der Waals surface area contributed by atoms with Crippen molar-refractivity contribution in [3.63, 3.8) is 0 Å². The molecule has 0 aliphatic carbocycles. The number of aryl methyl sites for hydroxylation is 1. The van der Waals surface area contributed by atoms with Gasteiger partial charge in [-0.1, -0.05) is 29.3 Å². The third-order valence-corrected chi connectivity index (χ3v) is 3.85. The Kier molecular flexibility index (Phi) is 4.05. The third-order valence-electron chi connectivity index (χ3n) is 3.25. The normalized spacial score (nSPS) is 14.2. The lowest BCUT2D eigenvalue weighted by atomic mass is 9.85. The van der Waals surface area contributed by atoms with Crippen molar-refractivity contribution in [1.82, 2.24) is 0 Å². The van der Waals surface area contributed by atoms with E-state index in [1.54, 1.807) is 6.92 Å². The number of halogens is 4. The highest BCUT2D eigenvalue weighted by atomic mass is 35.5. The summed E-state index contributed by atoms with van der Waals surface area (Å²) in [5.74, 6) is -1.08. The maximum atomic E-state index is 13.6. The Bertz CT molecular complexity index is 669. The van der Waals surface area contributed by atoms with Crippen LogP contribution in [-0.2, 0) is 5.60 Å². The highest BCUT2D eigenvalue weighted by Gasteiger charge is 2.30. The van der Waals surface area contributed by atoms with Crippen LogP contribution in [0, 0.1) is 18.6 Å². The standard InChI is InChI=1S/C15H12Cl2F2O/c1-8-5-9(18)3-4-10(8)15(2,20)11-6-14(19)13(17)7-12(11)16/h3-7,20H,1-2H3. The van der Waals surface area contributed by atoms with Crippen molar-refractivity contribution in [3.05, 3.63) is 68.7 Å². The highest BCUT2D eigenvalue weighted by molar-refractivity contribution is 6.35. The molecule has 2 rings (SSSR count). The zero-order valence-electron chi connectivity index (χ0n) is 10.8. The lowest BCUT2D eigenvalue weighted by Crippen LogP contribution is -2.25. The lowest BCUT2D eigenvalue weighted by molar-refractivity contribution is 0.101. The first-order valence-electron chi connectivity index (χ1n) is 5.87. The molecule has 0 aliphatic rings. The van der Waals surface area contributed by atoms with Crippen LogP contribution in [0.5, 0.6) is 0 Å². The van der Waals surface area contributed by atoms with E-state index >= 15 is 0 Å². The van der Waals surface area contributed by atoms with Gasteiger partial charge in [-0.25, -0.2) is 8.78 Å². The van der Waals surface area contributed by atoms with Crippen molar-refractivity contribution in [2.24, 2.45) is 0 Å². The van der Waals surface area contributed by atoms with Gasteiger partial charge in [0.2, 0.25) is 0 Å². The fraction of sp³-hybridized carbons (Fsp3) is 0.200. The second kappa shape index (κ2) is 5.32. The average Bonchev–Trinajstić information content (AvgIpc) is 2.33. The summed E-state index contributed by atoms with van der Waals surface area (Å²) in [6.45, 7) is 3.13. The number of hydrogen-bond acceptors (Lipinski definition) is 1. The number of rotatable bonds is 2. The zero-order chi connectivity index (χ0) is 15.1. The van der Waals surface area contributed by atoms with Gasteiger partial charge in [0.1, 0.15) is 17.2 Å². The van der Waals surface area contributed by atoms with E-state index in [4.69, 9.17) is 23.2 Å². The summed E-state index contributed by atoms with van der Waals surface area (Å²) in [6.07, 6.45) is 0. The van der Waals surface area contributed by atoms with Gasteiger partial charge in [-0.05, 0) is 49.2 Å². The van der Waals surface area contributed by atoms with Crippen molar-refractivity contribution in [1.29, 1.82) is 0 Å². The van der Waals surface area contributed by atoms with Gasteiger partial charge in [-0.2, -0.15) is 0 Å². The summed E-state index contributed by atoms with van der Waals surface area (Å²) in [5.41, 5.74) is -0.389. The van der Waals surface area contributed by atoms with Gasteiger partial charge in [-0.15, -0.1) is 0 Å². The molecule has 1 nitrogen and oxygen atoms in total. The second-order valence-electron chi connectivity index (χ2n) is 4.78. The van der Waals surface area contributed by atoms with Gasteiger partial charge in [0, 0.05) is 10.6 Å². The molecule has 0 amide bonds. The van der Waals surface area contributed by atoms with Crippen LogP contribution in [0.15, 0.2) is 30.3 Å². The number of aliphatic hydroxyl groups is 1. The molecule has 1 N–H and O–H groups in total. The molecule has 106 valence electrons. The molecule has 1 unspecified atom stereocenters. The smallest absolute Gasteiger partial charge is 0.142 e. The minimum Gasteiger partial charge on any atom is -0.381 e. The fourth-order valence-electron chi connectivity index (χ4n) is 2.21. The van der Waals surface area contributed by atoms with Crippen LogP contribution in [0.4, 0.5) is 8.78 Å². The molecule has 20 heavy (non-hydrogen) atoms. The van der Waals surface area contributed by atoms with Crippen LogP contribution >= 0.6 is 23.2 Å². The summed E-state index contributed by atoms with van der Waals surface area (Å²) >= 11 is 11.7. The molecule has 0 saturated carbocycles. The molecule has 1 atom stereocenters. The molecule has 0 saturated heterocycles. The molecule has 2 aromatic carbocycles. The van der Waals surface area contributed by atoms with Gasteiger partial charge in [0.25, 0.3) is 0 Å². The lowest BCUT2D eigenvalue weighted by Gasteiger charge is -2.27. The Morgan fingerprint density at radius 1 is 1.00 bits per heavy atom. The highest BCUT2D eigenvalue weighted by Crippen LogP contribution is 2.37. The molecule has 5 heteroatoms. The summed E-state index contributed by atoms with van der Waals surface area (Å²) in [6, 6.07) is 6.31. The summed E-state index contributed by atoms with van der Waals surface area (Å²) in [5, 5.41) is 10.7. The first-order valence-corrected chi connectivity index (χ1v) is 6.63. The molecule has 0 fully saturated rings. The number of hydrogen-bond donors (Lipinski definition) is 1. The van der Waals surface area contributed by atoms with Crippen molar-refractivity contribution in [2.75, 3.05) is 0 Å². The van der Waals surface area contributed by atoms with Crippen LogP contribution in [0.2, 0.25) is 10.0 Å². The molecule has 0 aromatic heterocycles. The van der Waals surface area contributed by atoms with E-state index in [9.17, 15) is 13.9 Å². The quantitative estimate of drug-likeness (QED) is 0.786. The fourth-order valence-corrected chi connectivity index (χ4v) is 2.78. The van der Waals surface area contributed by atoms with E-state index in [2.05, 4.69) is 0 Å². The first kappa shape index (κ1) is 15.2. The SMILES string of the molecule is Cc1cc(F)ccc1C(C)(O)c1cc(F)c(Cl)cc1Cl. The summed E-state index contributed by atoms with van der Waals surface area (Å²) in [7, 11) is 0. The maximum Gasteiger partial charge on any atom is 0.142 e. The largest absolute Gasteiger partial charge is 0.381 e. The predicted octanol–water partition coefficient (Wildman–Crippen LogP) is 4.84. The zero-order valence-corrected chi connectivity index (χ0v) is 12.4. The molecular weight excluding hydrogens is 305 g/mol. The monoisotopic (exact) mass is 316 g/mol. The predicted molar refractivity (Wildman–Crippen MR) is 76.2 cm³/mol. The van der Waals surface area contributed by atoms with Crippen LogP contribution in [0.25, 0.3) is 0 Å². The van der Waals surface area contributed by atoms with Crippen LogP contribution in [0.1, 0.15) is 23.6 Å². The van der Waals surface area contributed by atoms with Crippen molar-refractivity contribution >= 4 is 23.2 Å². The van der Waals surface area contributed by atoms with Gasteiger partial charge in [-0.3, -0.25) is 0 Å². The average molecular weight is 317 g/mol. The molecule has 0 aliphatic heterocycles. The van der Waals surface area contributed by atoms with E-state index in [0.29, 0.717) is 11.1 Å². The maximum absolute atomic E-state index is 13.6. The minimum atomic E-state index is -1.56. The molecule has 0 spiro atoms. The van der Waals surface area contributed by atoms with Crippen LogP contribution in [-0.4, -0.2) is 5.11 Å². The second-order valence-corrected chi connectivity index (χ2v) is 5.59. The Morgan fingerprint density at radius 2 is 1.65 bits per heavy atom. The summed E-state index contributed by atoms with van der Waals surface area (Å²) in [4.78, 5) is 0. The van der Waals surface area contributed by atoms with Crippen LogP contribution < -0.4 is 0 Å². The van der Waals surface area contributed by atoms with E-state index in [0.717, 1.165) is 6.07 Å². The third kappa shape index (κ3) is 2.66. The van der Waals surface area contributed by atoms with E-state index < -0.39 is 17.2 Å². The van der Waals surface area contributed by atoms with E-state index in [-0.39, 0.29) is 15.6 Å². The van der Waals surface area contributed by atoms with Gasteiger partial charge in [0.05, 0.1) is 5.02 Å². The Balaban J connectivity index is 2.63. The van der Waals surface area contributed by atoms with Crippen LogP contribution in [0.3, 0.4) is 0 Å². The molecule has 2 aromatic rings. The van der Waals surface area contributed by atoms with Crippen molar-refractivity contribution in [3.8, 4) is 0 Å². The molecule has 0 radical (unpaired) electrons. The van der Waals surface area contributed by atoms with Gasteiger partial charge >= 0.3 is 0 Å². The van der Waals surface area contributed by atoms with Crippen molar-refractivity contribution < 1.29 is 13.9 Å². The number of benzene rings is 2. The Morgan fingerprint density at radius 3 is 2.25 bits per heavy atom. The van der Waals surface area contributed by atoms with Gasteiger partial charge < -0.3 is 5.11 Å². The first-order chi connectivity index (χ1) is 9.23. The Labute approximate surface area is 125 Å². The van der Waals surface area contributed by atoms with E-state index in [1.165, 1.54) is 31.2 Å². The molecular formula is C15H12Cl2F2O. The van der Waals surface area contributed by atoms with Gasteiger partial charge in [0.15, 0.2) is 0 Å². The molecule has 0 heterocycles. The Hall–Kier alpha value is -1.16.